The molecule has 19 heavy (non-hydrogen) atoms. The Morgan fingerprint density at radius 3 is 2.58 bits per heavy atom. The van der Waals surface area contributed by atoms with E-state index in [1.165, 1.54) is 24.6 Å². The van der Waals surface area contributed by atoms with Gasteiger partial charge in [-0.05, 0) is 52.9 Å². The van der Waals surface area contributed by atoms with Crippen LogP contribution in [-0.4, -0.2) is 14.3 Å². The van der Waals surface area contributed by atoms with E-state index in [2.05, 4.69) is 21.2 Å². The number of nitrogens with one attached hydrogen (secondary N) is 1. The van der Waals surface area contributed by atoms with Crippen LogP contribution >= 0.6 is 26.6 Å². The lowest BCUT2D eigenvalue weighted by atomic mass is 9.83. The molecule has 0 atom stereocenters. The van der Waals surface area contributed by atoms with E-state index in [1.54, 1.807) is 0 Å². The minimum atomic E-state index is -3.75. The van der Waals surface area contributed by atoms with E-state index in [0.29, 0.717) is 22.5 Å². The molecule has 0 aromatic heterocycles. The van der Waals surface area contributed by atoms with Gasteiger partial charge in [0.05, 0.1) is 10.6 Å². The van der Waals surface area contributed by atoms with Crippen LogP contribution in [0.4, 0.5) is 5.69 Å². The first kappa shape index (κ1) is 14.8. The van der Waals surface area contributed by atoms with Crippen LogP contribution in [0.15, 0.2) is 27.6 Å². The summed E-state index contributed by atoms with van der Waals surface area (Å²) in [5.74, 6) is 0.438. The van der Waals surface area contributed by atoms with Crippen LogP contribution in [0, 0.1) is 5.92 Å². The smallest absolute Gasteiger partial charge is 0.261 e. The summed E-state index contributed by atoms with van der Waals surface area (Å²) in [5.41, 5.74) is 0.549. The van der Waals surface area contributed by atoms with Crippen molar-refractivity contribution >= 4 is 47.3 Å². The molecular weight excluding hydrogens is 354 g/mol. The third kappa shape index (κ3) is 3.94. The monoisotopic (exact) mass is 365 g/mol. The molecule has 1 aliphatic carbocycles. The number of amides is 1. The molecule has 0 radical (unpaired) electrons. The quantitative estimate of drug-likeness (QED) is 0.829. The van der Waals surface area contributed by atoms with Crippen LogP contribution in [0.2, 0.25) is 0 Å². The summed E-state index contributed by atoms with van der Waals surface area (Å²) in [4.78, 5) is 11.8. The second-order valence-electron chi connectivity index (χ2n) is 4.63. The summed E-state index contributed by atoms with van der Waals surface area (Å²) >= 11 is 3.23. The van der Waals surface area contributed by atoms with Gasteiger partial charge in [0.25, 0.3) is 9.05 Å². The zero-order valence-electron chi connectivity index (χ0n) is 10.0. The Kier molecular flexibility index (Phi) is 4.53. The summed E-state index contributed by atoms with van der Waals surface area (Å²) in [7, 11) is 1.49. The van der Waals surface area contributed by atoms with Crippen LogP contribution in [0.1, 0.15) is 25.7 Å². The van der Waals surface area contributed by atoms with E-state index in [4.69, 9.17) is 10.7 Å². The summed E-state index contributed by atoms with van der Waals surface area (Å²) in [6.07, 6.45) is 3.93. The fourth-order valence-corrected chi connectivity index (χ4v) is 3.32. The summed E-state index contributed by atoms with van der Waals surface area (Å²) in [5, 5.41) is 2.76. The summed E-state index contributed by atoms with van der Waals surface area (Å²) in [6.45, 7) is 0. The topological polar surface area (TPSA) is 63.2 Å². The third-order valence-corrected chi connectivity index (χ3v) is 5.20. The van der Waals surface area contributed by atoms with Gasteiger partial charge in [-0.15, -0.1) is 0 Å². The maximum Gasteiger partial charge on any atom is 0.261 e. The Balaban J connectivity index is 2.06. The van der Waals surface area contributed by atoms with Crippen molar-refractivity contribution in [3.05, 3.63) is 22.7 Å². The lowest BCUT2D eigenvalue weighted by Gasteiger charge is -2.24. The molecule has 1 aliphatic rings. The Labute approximate surface area is 125 Å². The molecule has 0 aliphatic heterocycles. The molecule has 0 heterocycles. The van der Waals surface area contributed by atoms with Crippen molar-refractivity contribution in [3.63, 3.8) is 0 Å². The number of halogens is 2. The molecule has 1 aromatic carbocycles. The Hall–Kier alpha value is -0.590. The number of carbonyl (C=O) groups is 1. The molecular formula is C12H13BrClNO3S. The molecule has 0 bridgehead atoms. The molecule has 0 spiro atoms. The standard InChI is InChI=1S/C12H13BrClNO3S/c13-10-7-9(19(14,17)18)4-5-11(10)15-12(16)6-8-2-1-3-8/h4-5,7-8H,1-3,6H2,(H,15,16). The minimum Gasteiger partial charge on any atom is -0.325 e. The first-order valence-corrected chi connectivity index (χ1v) is 9.00. The molecule has 1 saturated carbocycles. The predicted molar refractivity (Wildman–Crippen MR) is 77.8 cm³/mol. The van der Waals surface area contributed by atoms with E-state index >= 15 is 0 Å². The minimum absolute atomic E-state index is 0.00182. The first-order valence-electron chi connectivity index (χ1n) is 5.90. The van der Waals surface area contributed by atoms with Gasteiger partial charge < -0.3 is 5.32 Å². The van der Waals surface area contributed by atoms with Crippen LogP contribution in [0.5, 0.6) is 0 Å². The number of benzene rings is 1. The van der Waals surface area contributed by atoms with Gasteiger partial charge >= 0.3 is 0 Å². The van der Waals surface area contributed by atoms with Gasteiger partial charge in [0.1, 0.15) is 0 Å². The lowest BCUT2D eigenvalue weighted by Crippen LogP contribution is -2.21. The second-order valence-corrected chi connectivity index (χ2v) is 8.05. The van der Waals surface area contributed by atoms with Gasteiger partial charge in [-0.2, -0.15) is 0 Å². The van der Waals surface area contributed by atoms with Crippen LogP contribution in [-0.2, 0) is 13.8 Å². The normalized spacial score (nSPS) is 15.9. The Morgan fingerprint density at radius 2 is 2.11 bits per heavy atom. The van der Waals surface area contributed by atoms with Gasteiger partial charge in [-0.25, -0.2) is 8.42 Å². The van der Waals surface area contributed by atoms with Crippen molar-refractivity contribution in [2.45, 2.75) is 30.6 Å². The maximum absolute atomic E-state index is 11.8. The van der Waals surface area contributed by atoms with Crippen molar-refractivity contribution in [1.29, 1.82) is 0 Å². The molecule has 1 aromatic rings. The molecule has 104 valence electrons. The third-order valence-electron chi connectivity index (χ3n) is 3.19. The molecule has 1 N–H and O–H groups in total. The van der Waals surface area contributed by atoms with Crippen molar-refractivity contribution in [2.75, 3.05) is 5.32 Å². The average molecular weight is 367 g/mol. The number of carbonyl (C=O) groups excluding carboxylic acids is 1. The van der Waals surface area contributed by atoms with Gasteiger partial charge in [-0.3, -0.25) is 4.79 Å². The SMILES string of the molecule is O=C(CC1CCC1)Nc1ccc(S(=O)(=O)Cl)cc1Br. The summed E-state index contributed by atoms with van der Waals surface area (Å²) in [6, 6.07) is 4.27. The van der Waals surface area contributed by atoms with E-state index in [9.17, 15) is 13.2 Å². The molecule has 2 rings (SSSR count). The Bertz CT molecular complexity index is 599. The largest absolute Gasteiger partial charge is 0.325 e. The maximum atomic E-state index is 11.8. The average Bonchev–Trinajstić information content (AvgIpc) is 2.25. The van der Waals surface area contributed by atoms with Gasteiger partial charge in [0.15, 0.2) is 0 Å². The number of anilines is 1. The van der Waals surface area contributed by atoms with Crippen molar-refractivity contribution < 1.29 is 13.2 Å². The van der Waals surface area contributed by atoms with E-state index in [1.807, 2.05) is 0 Å². The van der Waals surface area contributed by atoms with E-state index in [0.717, 1.165) is 12.8 Å². The van der Waals surface area contributed by atoms with Crippen LogP contribution in [0.25, 0.3) is 0 Å². The highest BCUT2D eigenvalue weighted by molar-refractivity contribution is 9.10. The second kappa shape index (κ2) is 5.81. The zero-order valence-corrected chi connectivity index (χ0v) is 13.2. The van der Waals surface area contributed by atoms with E-state index < -0.39 is 9.05 Å². The molecule has 7 heteroatoms. The Morgan fingerprint density at radius 1 is 1.42 bits per heavy atom. The number of rotatable bonds is 4. The number of hydrogen-bond donors (Lipinski definition) is 1. The van der Waals surface area contributed by atoms with Gasteiger partial charge in [0, 0.05) is 21.6 Å². The molecule has 0 saturated heterocycles. The molecule has 0 unspecified atom stereocenters. The number of hydrogen-bond acceptors (Lipinski definition) is 3. The fraction of sp³-hybridized carbons (Fsp3) is 0.417. The molecule has 1 fully saturated rings. The first-order chi connectivity index (χ1) is 8.86. The van der Waals surface area contributed by atoms with Gasteiger partial charge in [0.2, 0.25) is 5.91 Å². The summed E-state index contributed by atoms with van der Waals surface area (Å²) < 4.78 is 22.8. The van der Waals surface area contributed by atoms with Crippen LogP contribution in [0.3, 0.4) is 0 Å². The zero-order chi connectivity index (χ0) is 14.0. The van der Waals surface area contributed by atoms with E-state index in [-0.39, 0.29) is 10.8 Å². The highest BCUT2D eigenvalue weighted by atomic mass is 79.9. The highest BCUT2D eigenvalue weighted by Crippen LogP contribution is 2.31. The highest BCUT2D eigenvalue weighted by Gasteiger charge is 2.21. The molecule has 1 amide bonds. The van der Waals surface area contributed by atoms with Crippen molar-refractivity contribution in [3.8, 4) is 0 Å². The van der Waals surface area contributed by atoms with Crippen LogP contribution < -0.4 is 5.32 Å². The fourth-order valence-electron chi connectivity index (χ4n) is 1.91. The van der Waals surface area contributed by atoms with Crippen molar-refractivity contribution in [1.82, 2.24) is 0 Å². The predicted octanol–water partition coefficient (Wildman–Crippen LogP) is 3.51. The van der Waals surface area contributed by atoms with Crippen molar-refractivity contribution in [2.24, 2.45) is 5.92 Å². The molecule has 4 nitrogen and oxygen atoms in total. The van der Waals surface area contributed by atoms with Gasteiger partial charge in [-0.1, -0.05) is 6.42 Å². The lowest BCUT2D eigenvalue weighted by molar-refractivity contribution is -0.117.